The van der Waals surface area contributed by atoms with Gasteiger partial charge in [0.15, 0.2) is 0 Å². The highest BCUT2D eigenvalue weighted by Gasteiger charge is 2.28. The summed E-state index contributed by atoms with van der Waals surface area (Å²) in [6.45, 7) is 4.14. The van der Waals surface area contributed by atoms with E-state index in [1.165, 1.54) is 5.56 Å². The normalized spacial score (nSPS) is 15.3. The van der Waals surface area contributed by atoms with Crippen LogP contribution in [0.25, 0.3) is 0 Å². The number of aromatic nitrogens is 4. The molecule has 1 unspecified atom stereocenters. The van der Waals surface area contributed by atoms with Crippen molar-refractivity contribution in [3.05, 3.63) is 35.9 Å². The Balaban J connectivity index is 0.00000225. The molecule has 1 aliphatic heterocycles. The van der Waals surface area contributed by atoms with Crippen LogP contribution >= 0.6 is 37.2 Å². The quantitative estimate of drug-likeness (QED) is 0.752. The molecule has 154 valence electrons. The minimum atomic E-state index is -0.330. The van der Waals surface area contributed by atoms with Crippen molar-refractivity contribution in [1.82, 2.24) is 34.7 Å². The number of halogens is 3. The molecule has 0 radical (unpaired) electrons. The number of nitrogens with one attached hydrogen (secondary N) is 1. The van der Waals surface area contributed by atoms with E-state index in [1.807, 2.05) is 49.3 Å². The zero-order valence-corrected chi connectivity index (χ0v) is 18.2. The molecule has 0 aliphatic carbocycles. The maximum atomic E-state index is 12.8. The van der Waals surface area contributed by atoms with E-state index < -0.39 is 0 Å². The van der Waals surface area contributed by atoms with Crippen molar-refractivity contribution in [3.8, 4) is 0 Å². The van der Waals surface area contributed by atoms with Crippen molar-refractivity contribution in [1.29, 1.82) is 0 Å². The molecule has 0 saturated carbocycles. The summed E-state index contributed by atoms with van der Waals surface area (Å²) in [5.74, 6) is 0.117. The maximum absolute atomic E-state index is 12.8. The predicted octanol–water partition coefficient (Wildman–Crippen LogP) is 1.02. The molecule has 1 N–H and O–H groups in total. The molecule has 1 aliphatic rings. The molecular formula is C16H28Cl3N7O. The van der Waals surface area contributed by atoms with Gasteiger partial charge in [-0.05, 0) is 7.05 Å². The number of rotatable bonds is 5. The van der Waals surface area contributed by atoms with Gasteiger partial charge in [0.2, 0.25) is 5.91 Å². The summed E-state index contributed by atoms with van der Waals surface area (Å²) in [7, 11) is 5.60. The molecule has 0 bridgehead atoms. The lowest BCUT2D eigenvalue weighted by Gasteiger charge is -2.36. The van der Waals surface area contributed by atoms with Crippen LogP contribution in [0.2, 0.25) is 0 Å². The number of aryl methyl sites for hydroxylation is 2. The number of nitrogens with zero attached hydrogens (tertiary/aromatic N) is 6. The van der Waals surface area contributed by atoms with Crippen LogP contribution in [-0.4, -0.2) is 68.5 Å². The van der Waals surface area contributed by atoms with Gasteiger partial charge in [0.1, 0.15) is 6.04 Å². The van der Waals surface area contributed by atoms with E-state index >= 15 is 0 Å². The number of carbonyl (C=O) groups is 1. The lowest BCUT2D eigenvalue weighted by Crippen LogP contribution is -2.51. The second-order valence-corrected chi connectivity index (χ2v) is 6.29. The minimum absolute atomic E-state index is 0. The van der Waals surface area contributed by atoms with Crippen molar-refractivity contribution in [2.45, 2.75) is 12.6 Å². The monoisotopic (exact) mass is 439 g/mol. The van der Waals surface area contributed by atoms with E-state index in [4.69, 9.17) is 0 Å². The Bertz CT molecular complexity index is 698. The van der Waals surface area contributed by atoms with E-state index in [1.54, 1.807) is 10.9 Å². The summed E-state index contributed by atoms with van der Waals surface area (Å²) >= 11 is 0. The second kappa shape index (κ2) is 11.5. The molecule has 11 heteroatoms. The van der Waals surface area contributed by atoms with Gasteiger partial charge in [-0.3, -0.25) is 19.1 Å². The summed E-state index contributed by atoms with van der Waals surface area (Å²) in [6.07, 6.45) is 7.57. The van der Waals surface area contributed by atoms with Crippen LogP contribution in [0.1, 0.15) is 17.2 Å². The van der Waals surface area contributed by atoms with Crippen LogP contribution in [-0.2, 0) is 25.4 Å². The Morgan fingerprint density at radius 3 is 2.11 bits per heavy atom. The summed E-state index contributed by atoms with van der Waals surface area (Å²) in [6, 6.07) is -0.330. The Morgan fingerprint density at radius 1 is 1.04 bits per heavy atom. The first-order valence-electron chi connectivity index (χ1n) is 8.21. The first-order chi connectivity index (χ1) is 11.6. The molecule has 8 nitrogen and oxygen atoms in total. The van der Waals surface area contributed by atoms with Crippen molar-refractivity contribution < 1.29 is 4.79 Å². The predicted molar refractivity (Wildman–Crippen MR) is 112 cm³/mol. The highest BCUT2D eigenvalue weighted by atomic mass is 35.5. The Labute approximate surface area is 178 Å². The van der Waals surface area contributed by atoms with E-state index in [0.717, 1.165) is 38.3 Å². The molecule has 1 fully saturated rings. The zero-order chi connectivity index (χ0) is 17.1. The lowest BCUT2D eigenvalue weighted by atomic mass is 10.1. The van der Waals surface area contributed by atoms with Crippen molar-refractivity contribution in [2.24, 2.45) is 14.1 Å². The standard InChI is InChI=1S/C16H25N7O.3ClH/c1-17-15(14-9-19-21(3)12-14)16(24)23-6-4-22(5-7-23)11-13-8-18-20(2)10-13;;;/h8-10,12,15,17H,4-7,11H2,1-3H3;3*1H. The molecule has 0 aromatic carbocycles. The van der Waals surface area contributed by atoms with Gasteiger partial charge in [0, 0.05) is 70.3 Å². The van der Waals surface area contributed by atoms with Crippen LogP contribution < -0.4 is 5.32 Å². The number of piperazine rings is 1. The number of hydrogen-bond acceptors (Lipinski definition) is 5. The average Bonchev–Trinajstić information content (AvgIpc) is 3.17. The fraction of sp³-hybridized carbons (Fsp3) is 0.562. The number of hydrogen-bond donors (Lipinski definition) is 1. The minimum Gasteiger partial charge on any atom is -0.338 e. The van der Waals surface area contributed by atoms with Gasteiger partial charge in [-0.1, -0.05) is 0 Å². The average molecular weight is 441 g/mol. The Hall–Kier alpha value is -1.32. The van der Waals surface area contributed by atoms with Crippen LogP contribution in [0.3, 0.4) is 0 Å². The molecule has 0 spiro atoms. The third-order valence-electron chi connectivity index (χ3n) is 4.44. The van der Waals surface area contributed by atoms with Crippen LogP contribution in [0, 0.1) is 0 Å². The van der Waals surface area contributed by atoms with Gasteiger partial charge in [-0.15, -0.1) is 37.2 Å². The number of amides is 1. The fourth-order valence-corrected chi connectivity index (χ4v) is 3.14. The molecule has 27 heavy (non-hydrogen) atoms. The van der Waals surface area contributed by atoms with E-state index in [9.17, 15) is 4.79 Å². The Morgan fingerprint density at radius 2 is 1.63 bits per heavy atom. The number of carbonyl (C=O) groups excluding carboxylic acids is 1. The van der Waals surface area contributed by atoms with Gasteiger partial charge in [-0.2, -0.15) is 10.2 Å². The zero-order valence-electron chi connectivity index (χ0n) is 15.7. The summed E-state index contributed by atoms with van der Waals surface area (Å²) in [5.41, 5.74) is 2.11. The van der Waals surface area contributed by atoms with Crippen LogP contribution in [0.4, 0.5) is 0 Å². The summed E-state index contributed by atoms with van der Waals surface area (Å²) < 4.78 is 3.54. The third kappa shape index (κ3) is 6.36. The van der Waals surface area contributed by atoms with Crippen molar-refractivity contribution in [3.63, 3.8) is 0 Å². The smallest absolute Gasteiger partial charge is 0.244 e. The summed E-state index contributed by atoms with van der Waals surface area (Å²) in [4.78, 5) is 17.1. The van der Waals surface area contributed by atoms with Gasteiger partial charge in [-0.25, -0.2) is 0 Å². The van der Waals surface area contributed by atoms with E-state index in [-0.39, 0.29) is 49.2 Å². The highest BCUT2D eigenvalue weighted by molar-refractivity contribution is 5.86. The summed E-state index contributed by atoms with van der Waals surface area (Å²) in [5, 5.41) is 11.5. The molecule has 1 saturated heterocycles. The van der Waals surface area contributed by atoms with E-state index in [0.29, 0.717) is 0 Å². The van der Waals surface area contributed by atoms with Crippen molar-refractivity contribution >= 4 is 43.1 Å². The van der Waals surface area contributed by atoms with Crippen LogP contribution in [0.5, 0.6) is 0 Å². The van der Waals surface area contributed by atoms with Crippen LogP contribution in [0.15, 0.2) is 24.8 Å². The maximum Gasteiger partial charge on any atom is 0.244 e. The first kappa shape index (κ1) is 25.7. The molecular weight excluding hydrogens is 413 g/mol. The van der Waals surface area contributed by atoms with Gasteiger partial charge >= 0.3 is 0 Å². The lowest BCUT2D eigenvalue weighted by molar-refractivity contribution is -0.135. The second-order valence-electron chi connectivity index (χ2n) is 6.29. The SMILES string of the molecule is CNC(C(=O)N1CCN(Cc2cnn(C)c2)CC1)c1cnn(C)c1.Cl.Cl.Cl. The Kier molecular flexibility index (Phi) is 10.9. The molecule has 3 heterocycles. The largest absolute Gasteiger partial charge is 0.338 e. The van der Waals surface area contributed by atoms with E-state index in [2.05, 4.69) is 20.4 Å². The number of likely N-dealkylation sites (N-methyl/N-ethyl adjacent to an activating group) is 1. The molecule has 2 aromatic heterocycles. The fourth-order valence-electron chi connectivity index (χ4n) is 3.14. The third-order valence-corrected chi connectivity index (χ3v) is 4.44. The van der Waals surface area contributed by atoms with Gasteiger partial charge in [0.25, 0.3) is 0 Å². The molecule has 3 rings (SSSR count). The molecule has 2 aromatic rings. The first-order valence-corrected chi connectivity index (χ1v) is 8.21. The molecule has 1 amide bonds. The van der Waals surface area contributed by atoms with Crippen molar-refractivity contribution in [2.75, 3.05) is 33.2 Å². The van der Waals surface area contributed by atoms with Gasteiger partial charge in [0.05, 0.1) is 12.4 Å². The topological polar surface area (TPSA) is 71.2 Å². The molecule has 1 atom stereocenters. The highest BCUT2D eigenvalue weighted by Crippen LogP contribution is 2.16. The van der Waals surface area contributed by atoms with Gasteiger partial charge < -0.3 is 10.2 Å².